The zero-order valence-electron chi connectivity index (χ0n) is 36.5. The summed E-state index contributed by atoms with van der Waals surface area (Å²) in [5.74, 6) is -0.905. The number of amides is 2. The number of hydrogen-bond donors (Lipinski definition) is 2. The van der Waals surface area contributed by atoms with Crippen molar-refractivity contribution < 1.29 is 34.4 Å². The van der Waals surface area contributed by atoms with Crippen LogP contribution in [0.3, 0.4) is 0 Å². The fourth-order valence-corrected chi connectivity index (χ4v) is 7.28. The van der Waals surface area contributed by atoms with E-state index in [1.54, 1.807) is 35.2 Å². The average Bonchev–Trinajstić information content (AvgIpc) is 3.63. The first-order valence-electron chi connectivity index (χ1n) is 21.2. The van der Waals surface area contributed by atoms with Crippen molar-refractivity contribution in [3.8, 4) is 11.5 Å². The van der Waals surface area contributed by atoms with E-state index in [4.69, 9.17) is 43.6 Å². The Kier molecular flexibility index (Phi) is 7.64. The molecule has 0 spiro atoms. The summed E-state index contributed by atoms with van der Waals surface area (Å²) in [6, 6.07) is 9.99. The smallest absolute Gasteiger partial charge is 0.249 e. The third-order valence-corrected chi connectivity index (χ3v) is 10.6. The molecule has 3 aliphatic rings. The fraction of sp³-hybridized carbons (Fsp3) is 0.385. The lowest BCUT2D eigenvalue weighted by Gasteiger charge is -2.39. The van der Waals surface area contributed by atoms with Crippen molar-refractivity contribution in [3.05, 3.63) is 77.0 Å². The van der Waals surface area contributed by atoms with Gasteiger partial charge in [-0.1, -0.05) is 29.3 Å². The normalized spacial score (nSPS) is 27.2. The third-order valence-electron chi connectivity index (χ3n) is 9.81. The maximum atomic E-state index is 14.9. The first-order valence-corrected chi connectivity index (χ1v) is 17.9. The van der Waals surface area contributed by atoms with Gasteiger partial charge in [0.05, 0.1) is 39.9 Å². The zero-order chi connectivity index (χ0) is 43.8. The highest BCUT2D eigenvalue weighted by Gasteiger charge is 2.29. The molecule has 1 saturated carbocycles. The van der Waals surface area contributed by atoms with Gasteiger partial charge in [0.2, 0.25) is 11.8 Å². The molecule has 2 amide bonds. The van der Waals surface area contributed by atoms with E-state index in [0.29, 0.717) is 68.7 Å². The second-order valence-electron chi connectivity index (χ2n) is 13.2. The molecule has 3 aromatic carbocycles. The minimum absolute atomic E-state index is 0.0445. The van der Waals surface area contributed by atoms with Gasteiger partial charge in [-0.05, 0) is 73.7 Å². The number of benzene rings is 3. The molecule has 4 heterocycles. The molecule has 11 nitrogen and oxygen atoms in total. The number of fused-ring (bicyclic) bond motifs is 2. The summed E-state index contributed by atoms with van der Waals surface area (Å²) in [5.41, 5.74) is 0.440. The largest absolute Gasteiger partial charge is 0.493 e. The van der Waals surface area contributed by atoms with Gasteiger partial charge in [0.1, 0.15) is 18.2 Å². The predicted molar refractivity (Wildman–Crippen MR) is 204 cm³/mol. The van der Waals surface area contributed by atoms with E-state index >= 15 is 0 Å². The second-order valence-corrected chi connectivity index (χ2v) is 14.0. The topological polar surface area (TPSA) is 114 Å². The van der Waals surface area contributed by atoms with Gasteiger partial charge >= 0.3 is 0 Å². The average molecular weight is 769 g/mol. The summed E-state index contributed by atoms with van der Waals surface area (Å²) in [5, 5.41) is 6.69. The van der Waals surface area contributed by atoms with E-state index in [1.807, 2.05) is 0 Å². The molecule has 0 radical (unpaired) electrons. The molecule has 1 atom stereocenters. The van der Waals surface area contributed by atoms with Gasteiger partial charge in [0.25, 0.3) is 0 Å². The number of methoxy groups -OCH3 is 1. The van der Waals surface area contributed by atoms with E-state index in [1.165, 1.54) is 37.7 Å². The number of ether oxygens (including phenoxy) is 2. The van der Waals surface area contributed by atoms with E-state index in [9.17, 15) is 14.0 Å². The first kappa shape index (κ1) is 27.0. The van der Waals surface area contributed by atoms with Crippen molar-refractivity contribution in [2.24, 2.45) is 5.92 Å². The number of halogens is 3. The van der Waals surface area contributed by atoms with Gasteiger partial charge in [0, 0.05) is 79.4 Å². The molecule has 2 saturated heterocycles. The number of hydrogen-bond acceptors (Lipinski definition) is 9. The van der Waals surface area contributed by atoms with Crippen LogP contribution in [0, 0.1) is 11.7 Å². The Morgan fingerprint density at radius 3 is 2.53 bits per heavy atom. The molecule has 14 heteroatoms. The van der Waals surface area contributed by atoms with Crippen molar-refractivity contribution in [3.63, 3.8) is 0 Å². The number of nitrogens with zero attached hydrogens (tertiary/aromatic N) is 5. The molecule has 2 aromatic heterocycles. The number of imide groups is 1. The Bertz CT molecular complexity index is 2530. The Labute approximate surface area is 327 Å². The number of nitrogens with one attached hydrogen (secondary N) is 2. The second kappa shape index (κ2) is 15.0. The minimum Gasteiger partial charge on any atom is -0.493 e. The van der Waals surface area contributed by atoms with E-state index < -0.39 is 43.8 Å². The van der Waals surface area contributed by atoms with Crippen molar-refractivity contribution in [1.29, 1.82) is 0 Å². The van der Waals surface area contributed by atoms with Gasteiger partial charge in [-0.2, -0.15) is 0 Å². The van der Waals surface area contributed by atoms with E-state index in [2.05, 4.69) is 20.6 Å². The summed E-state index contributed by atoms with van der Waals surface area (Å²) in [7, 11) is 1.48. The highest BCUT2D eigenvalue weighted by Crippen LogP contribution is 2.39. The Morgan fingerprint density at radius 2 is 1.75 bits per heavy atom. The molecule has 1 aliphatic carbocycles. The van der Waals surface area contributed by atoms with Crippen LogP contribution in [0.4, 0.5) is 21.6 Å². The molecule has 53 heavy (non-hydrogen) atoms. The molecule has 2 N–H and O–H groups in total. The third kappa shape index (κ3) is 7.45. The summed E-state index contributed by atoms with van der Waals surface area (Å²) < 4.78 is 101. The highest BCUT2D eigenvalue weighted by atomic mass is 35.5. The lowest BCUT2D eigenvalue weighted by Crippen LogP contribution is -2.48. The number of anilines is 3. The molecule has 2 aliphatic heterocycles. The molecule has 8 rings (SSSR count). The van der Waals surface area contributed by atoms with Crippen LogP contribution in [-0.2, 0) is 9.59 Å². The lowest BCUT2D eigenvalue weighted by molar-refractivity contribution is -0.135. The van der Waals surface area contributed by atoms with Gasteiger partial charge in [0.15, 0.2) is 17.3 Å². The molecule has 276 valence electrons. The number of piperidine rings is 1. The molecule has 1 unspecified atom stereocenters. The Balaban J connectivity index is 0.985. The highest BCUT2D eigenvalue weighted by molar-refractivity contribution is 6.42. The number of piperazine rings is 1. The van der Waals surface area contributed by atoms with Gasteiger partial charge < -0.3 is 24.3 Å². The van der Waals surface area contributed by atoms with Crippen molar-refractivity contribution >= 4 is 73.9 Å². The summed E-state index contributed by atoms with van der Waals surface area (Å²) >= 11 is 12.0. The van der Waals surface area contributed by atoms with Crippen LogP contribution in [0.1, 0.15) is 55.5 Å². The van der Waals surface area contributed by atoms with Crippen molar-refractivity contribution in [2.75, 3.05) is 49.9 Å². The van der Waals surface area contributed by atoms with Crippen LogP contribution < -0.4 is 25.0 Å². The summed E-state index contributed by atoms with van der Waals surface area (Å²) in [6.07, 6.45) is 6.49. The SMILES string of the molecule is [2H]C1([2H])N(CC2CCC(Oc3cc4c(Nc5ccc(Cl)c(Cl)c5F)ncnc4cc3OC)CC2)C([2H])([2H])C([2H])([2H])N(c2ccc3cn(C4CCC(=O)NC4=O)cc3c2)C1([2H])[2H]. The van der Waals surface area contributed by atoms with Crippen LogP contribution in [-0.4, -0.2) is 77.0 Å². The maximum Gasteiger partial charge on any atom is 0.249 e. The monoisotopic (exact) mass is 767 g/mol. The molecular formula is C39H40Cl2FN7O4. The number of carbonyl (C=O) groups is 2. The standard InChI is InChI=1S/C39H40Cl2FN7O4/c1-52-33-18-31-28(38(44-22-43-31)45-30-9-8-29(40)36(41)37(30)42)17-34(33)53-27-6-2-23(3-7-27)19-47-12-14-48(15-13-47)26-5-4-24-20-49(21-25(24)16-26)32-10-11-35(50)46-39(32)51/h4-5,8-9,16-18,20-23,27,32H,2-3,6-7,10-15,19H2,1H3,(H,43,44,45)(H,46,50,51)/i12D2,13D2,14D2,15D2. The number of carbonyl (C=O) groups excluding carboxylic acids is 2. The number of aromatic nitrogens is 3. The first-order chi connectivity index (χ1) is 28.7. The predicted octanol–water partition coefficient (Wildman–Crippen LogP) is 7.52. The van der Waals surface area contributed by atoms with Gasteiger partial charge in [-0.25, -0.2) is 14.4 Å². The van der Waals surface area contributed by atoms with Crippen LogP contribution >= 0.6 is 23.2 Å². The van der Waals surface area contributed by atoms with Crippen LogP contribution in [0.15, 0.2) is 61.2 Å². The Morgan fingerprint density at radius 1 is 0.962 bits per heavy atom. The summed E-state index contributed by atoms with van der Waals surface area (Å²) in [4.78, 5) is 34.1. The van der Waals surface area contributed by atoms with Crippen LogP contribution in [0.2, 0.25) is 10.0 Å². The molecule has 3 fully saturated rings. The molecular weight excluding hydrogens is 720 g/mol. The van der Waals surface area contributed by atoms with E-state index in [0.717, 1.165) is 0 Å². The van der Waals surface area contributed by atoms with Crippen molar-refractivity contribution in [1.82, 2.24) is 24.8 Å². The maximum absolute atomic E-state index is 14.9. The Hall–Kier alpha value is -4.65. The van der Waals surface area contributed by atoms with Crippen LogP contribution in [0.5, 0.6) is 11.5 Å². The van der Waals surface area contributed by atoms with Crippen molar-refractivity contribution in [2.45, 2.75) is 50.7 Å². The van der Waals surface area contributed by atoms with E-state index in [-0.39, 0.29) is 64.6 Å². The zero-order valence-corrected chi connectivity index (χ0v) is 30.0. The number of rotatable bonds is 9. The van der Waals surface area contributed by atoms with Gasteiger partial charge in [-0.3, -0.25) is 19.8 Å². The van der Waals surface area contributed by atoms with Crippen LogP contribution in [0.25, 0.3) is 21.7 Å². The quantitative estimate of drug-likeness (QED) is 0.116. The van der Waals surface area contributed by atoms with Gasteiger partial charge in [-0.15, -0.1) is 0 Å². The molecule has 5 aromatic rings. The molecule has 0 bridgehead atoms. The lowest BCUT2D eigenvalue weighted by atomic mass is 9.87. The summed E-state index contributed by atoms with van der Waals surface area (Å²) in [6.45, 7) is -12.5. The fourth-order valence-electron chi connectivity index (χ4n) is 6.97. The minimum atomic E-state index is -3.07.